The summed E-state index contributed by atoms with van der Waals surface area (Å²) in [4.78, 5) is 29.1. The number of nitrogens with zero attached hydrogens (tertiary/aromatic N) is 1. The second-order valence-electron chi connectivity index (χ2n) is 6.16. The van der Waals surface area contributed by atoms with Gasteiger partial charge in [0.05, 0.1) is 23.1 Å². The van der Waals surface area contributed by atoms with Crippen molar-refractivity contribution < 1.29 is 14.3 Å². The Labute approximate surface area is 148 Å². The number of nitrogens with one attached hydrogen (secondary N) is 1. The van der Waals surface area contributed by atoms with Crippen LogP contribution in [0, 0.1) is 12.3 Å². The highest BCUT2D eigenvalue weighted by molar-refractivity contribution is 9.10. The first-order valence-corrected chi connectivity index (χ1v) is 8.77. The van der Waals surface area contributed by atoms with E-state index in [2.05, 4.69) is 26.2 Å². The SMILES string of the molecule is CCOC(=O)C1(CNC(=O)c2cc(C)nc3ccc(Br)cc23)CC1. The molecule has 0 saturated heterocycles. The van der Waals surface area contributed by atoms with Crippen LogP contribution in [0.2, 0.25) is 0 Å². The molecule has 126 valence electrons. The Morgan fingerprint density at radius 1 is 1.33 bits per heavy atom. The van der Waals surface area contributed by atoms with E-state index in [1.54, 1.807) is 13.0 Å². The van der Waals surface area contributed by atoms with Gasteiger partial charge in [-0.05, 0) is 51.0 Å². The Morgan fingerprint density at radius 3 is 2.75 bits per heavy atom. The molecule has 2 aromatic rings. The summed E-state index contributed by atoms with van der Waals surface area (Å²) in [6.07, 6.45) is 1.52. The summed E-state index contributed by atoms with van der Waals surface area (Å²) in [5.41, 5.74) is 1.58. The number of pyridine rings is 1. The normalized spacial score (nSPS) is 15.1. The molecule has 1 aromatic carbocycles. The number of amides is 1. The summed E-state index contributed by atoms with van der Waals surface area (Å²) in [5, 5.41) is 3.68. The maximum atomic E-state index is 12.7. The van der Waals surface area contributed by atoms with Gasteiger partial charge in [-0.25, -0.2) is 0 Å². The van der Waals surface area contributed by atoms with Crippen molar-refractivity contribution in [2.45, 2.75) is 26.7 Å². The second kappa shape index (κ2) is 6.51. The minimum absolute atomic E-state index is 0.195. The van der Waals surface area contributed by atoms with E-state index in [4.69, 9.17) is 4.74 Å². The monoisotopic (exact) mass is 390 g/mol. The van der Waals surface area contributed by atoms with Gasteiger partial charge in [0.15, 0.2) is 0 Å². The van der Waals surface area contributed by atoms with Crippen molar-refractivity contribution in [2.24, 2.45) is 5.41 Å². The van der Waals surface area contributed by atoms with Gasteiger partial charge in [-0.2, -0.15) is 0 Å². The van der Waals surface area contributed by atoms with Gasteiger partial charge < -0.3 is 10.1 Å². The van der Waals surface area contributed by atoms with Crippen LogP contribution in [0.3, 0.4) is 0 Å². The van der Waals surface area contributed by atoms with Crippen LogP contribution in [0.1, 0.15) is 35.8 Å². The molecule has 3 rings (SSSR count). The van der Waals surface area contributed by atoms with Crippen LogP contribution >= 0.6 is 15.9 Å². The van der Waals surface area contributed by atoms with E-state index in [0.717, 1.165) is 33.9 Å². The Morgan fingerprint density at radius 2 is 2.08 bits per heavy atom. The van der Waals surface area contributed by atoms with Crippen LogP contribution in [0.5, 0.6) is 0 Å². The van der Waals surface area contributed by atoms with Crippen molar-refractivity contribution in [1.82, 2.24) is 10.3 Å². The van der Waals surface area contributed by atoms with Crippen LogP contribution in [0.15, 0.2) is 28.7 Å². The Balaban J connectivity index is 1.82. The molecule has 1 amide bonds. The lowest BCUT2D eigenvalue weighted by atomic mass is 10.1. The number of carbonyl (C=O) groups excluding carboxylic acids is 2. The fraction of sp³-hybridized carbons (Fsp3) is 0.389. The molecular formula is C18H19BrN2O3. The number of carbonyl (C=O) groups is 2. The summed E-state index contributed by atoms with van der Waals surface area (Å²) in [6, 6.07) is 7.43. The number of hydrogen-bond acceptors (Lipinski definition) is 4. The summed E-state index contributed by atoms with van der Waals surface area (Å²) >= 11 is 3.43. The standard InChI is InChI=1S/C18H19BrN2O3/c1-3-24-17(23)18(6-7-18)10-20-16(22)14-8-11(2)21-15-5-4-12(19)9-13(14)15/h4-5,8-9H,3,6-7,10H2,1-2H3,(H,20,22). The molecule has 0 bridgehead atoms. The zero-order chi connectivity index (χ0) is 17.3. The maximum Gasteiger partial charge on any atom is 0.313 e. The van der Waals surface area contributed by atoms with Crippen LogP contribution in [-0.4, -0.2) is 30.0 Å². The number of benzene rings is 1. The number of aromatic nitrogens is 1. The largest absolute Gasteiger partial charge is 0.466 e. The van der Waals surface area contributed by atoms with Crippen molar-refractivity contribution in [3.05, 3.63) is 40.0 Å². The second-order valence-corrected chi connectivity index (χ2v) is 7.07. The molecule has 0 unspecified atom stereocenters. The summed E-state index contributed by atoms with van der Waals surface area (Å²) < 4.78 is 5.99. The highest BCUT2D eigenvalue weighted by Gasteiger charge is 2.51. The van der Waals surface area contributed by atoms with Crippen molar-refractivity contribution in [2.75, 3.05) is 13.2 Å². The third-order valence-corrected chi connectivity index (χ3v) is 4.79. The highest BCUT2D eigenvalue weighted by atomic mass is 79.9. The predicted octanol–water partition coefficient (Wildman–Crippen LogP) is 3.38. The number of esters is 1. The molecule has 1 aliphatic carbocycles. The molecule has 6 heteroatoms. The van der Waals surface area contributed by atoms with Crippen molar-refractivity contribution in [1.29, 1.82) is 0 Å². The van der Waals surface area contributed by atoms with E-state index < -0.39 is 5.41 Å². The topological polar surface area (TPSA) is 68.3 Å². The fourth-order valence-electron chi connectivity index (χ4n) is 2.75. The molecule has 0 aliphatic heterocycles. The molecule has 1 N–H and O–H groups in total. The van der Waals surface area contributed by atoms with E-state index in [0.29, 0.717) is 18.7 Å². The summed E-state index contributed by atoms with van der Waals surface area (Å²) in [7, 11) is 0. The van der Waals surface area contributed by atoms with Gasteiger partial charge in [0.25, 0.3) is 5.91 Å². The van der Waals surface area contributed by atoms with Gasteiger partial charge in [-0.15, -0.1) is 0 Å². The van der Waals surface area contributed by atoms with Crippen LogP contribution in [0.4, 0.5) is 0 Å². The minimum atomic E-state index is -0.538. The molecule has 0 atom stereocenters. The molecule has 1 fully saturated rings. The zero-order valence-electron chi connectivity index (χ0n) is 13.7. The van der Waals surface area contributed by atoms with E-state index >= 15 is 0 Å². The van der Waals surface area contributed by atoms with E-state index in [1.165, 1.54) is 0 Å². The van der Waals surface area contributed by atoms with Crippen LogP contribution < -0.4 is 5.32 Å². The molecule has 5 nitrogen and oxygen atoms in total. The van der Waals surface area contributed by atoms with Gasteiger partial charge in [0.1, 0.15) is 0 Å². The van der Waals surface area contributed by atoms with Gasteiger partial charge in [0, 0.05) is 22.1 Å². The van der Waals surface area contributed by atoms with E-state index in [-0.39, 0.29) is 11.9 Å². The van der Waals surface area contributed by atoms with Gasteiger partial charge in [-0.1, -0.05) is 15.9 Å². The number of fused-ring (bicyclic) bond motifs is 1. The fourth-order valence-corrected chi connectivity index (χ4v) is 3.11. The van der Waals surface area contributed by atoms with Gasteiger partial charge in [-0.3, -0.25) is 14.6 Å². The van der Waals surface area contributed by atoms with Gasteiger partial charge in [0.2, 0.25) is 0 Å². The average Bonchev–Trinajstić information content (AvgIpc) is 3.34. The van der Waals surface area contributed by atoms with Crippen molar-refractivity contribution >= 4 is 38.7 Å². The Bertz CT molecular complexity index is 815. The maximum absolute atomic E-state index is 12.7. The Hall–Kier alpha value is -1.95. The lowest BCUT2D eigenvalue weighted by Gasteiger charge is -2.15. The smallest absolute Gasteiger partial charge is 0.313 e. The van der Waals surface area contributed by atoms with E-state index in [1.807, 2.05) is 25.1 Å². The molecule has 0 radical (unpaired) electrons. The Kier molecular flexibility index (Phi) is 4.58. The molecule has 24 heavy (non-hydrogen) atoms. The first-order chi connectivity index (χ1) is 11.4. The van der Waals surface area contributed by atoms with E-state index in [9.17, 15) is 9.59 Å². The molecule has 1 saturated carbocycles. The highest BCUT2D eigenvalue weighted by Crippen LogP contribution is 2.46. The summed E-state index contributed by atoms with van der Waals surface area (Å²) in [5.74, 6) is -0.414. The number of hydrogen-bond donors (Lipinski definition) is 1. The molecule has 0 spiro atoms. The first kappa shape index (κ1) is 16.9. The number of aryl methyl sites for hydroxylation is 1. The number of ether oxygens (including phenoxy) is 1. The van der Waals surface area contributed by atoms with Crippen molar-refractivity contribution in [3.8, 4) is 0 Å². The molecule has 1 aliphatic rings. The number of rotatable bonds is 5. The third kappa shape index (κ3) is 3.29. The van der Waals surface area contributed by atoms with Crippen LogP contribution in [0.25, 0.3) is 10.9 Å². The first-order valence-electron chi connectivity index (χ1n) is 7.97. The van der Waals surface area contributed by atoms with Gasteiger partial charge >= 0.3 is 5.97 Å². The molecular weight excluding hydrogens is 372 g/mol. The van der Waals surface area contributed by atoms with Crippen molar-refractivity contribution in [3.63, 3.8) is 0 Å². The predicted molar refractivity (Wildman–Crippen MR) is 94.8 cm³/mol. The molecule has 1 heterocycles. The third-order valence-electron chi connectivity index (χ3n) is 4.29. The summed E-state index contributed by atoms with van der Waals surface area (Å²) in [6.45, 7) is 4.31. The van der Waals surface area contributed by atoms with Crippen LogP contribution in [-0.2, 0) is 9.53 Å². The zero-order valence-corrected chi connectivity index (χ0v) is 15.3. The minimum Gasteiger partial charge on any atom is -0.466 e. The lowest BCUT2D eigenvalue weighted by molar-refractivity contribution is -0.149. The molecule has 1 aromatic heterocycles. The number of halogens is 1. The quantitative estimate of drug-likeness (QED) is 0.794. The average molecular weight is 391 g/mol. The lowest BCUT2D eigenvalue weighted by Crippen LogP contribution is -2.35.